The maximum atomic E-state index is 9.63. The van der Waals surface area contributed by atoms with E-state index in [9.17, 15) is 5.11 Å². The average Bonchev–Trinajstić information content (AvgIpc) is 2.46. The number of hydrogen-bond donors (Lipinski definition) is 2. The highest BCUT2D eigenvalue weighted by atomic mass is 16.5. The van der Waals surface area contributed by atoms with Crippen LogP contribution >= 0.6 is 0 Å². The van der Waals surface area contributed by atoms with Crippen LogP contribution in [-0.4, -0.2) is 43.3 Å². The maximum Gasteiger partial charge on any atom is 0.160 e. The lowest BCUT2D eigenvalue weighted by molar-refractivity contribution is 0.178. The van der Waals surface area contributed by atoms with E-state index in [2.05, 4.69) is 24.2 Å². The number of rotatable bonds is 5. The van der Waals surface area contributed by atoms with Gasteiger partial charge in [-0.1, -0.05) is 12.5 Å². The fourth-order valence-electron chi connectivity index (χ4n) is 2.80. The zero-order chi connectivity index (χ0) is 14.5. The molecule has 20 heavy (non-hydrogen) atoms. The van der Waals surface area contributed by atoms with Gasteiger partial charge in [0.25, 0.3) is 0 Å². The molecule has 0 aromatic heterocycles. The molecule has 1 heterocycles. The van der Waals surface area contributed by atoms with E-state index in [1.165, 1.54) is 25.8 Å². The predicted molar refractivity (Wildman–Crippen MR) is 81.3 cm³/mol. The van der Waals surface area contributed by atoms with Crippen LogP contribution in [0.1, 0.15) is 37.8 Å². The monoisotopic (exact) mass is 278 g/mol. The quantitative estimate of drug-likeness (QED) is 0.869. The number of phenolic OH excluding ortho intramolecular Hbond substituents is 1. The molecule has 2 N–H and O–H groups in total. The number of likely N-dealkylation sites (tertiary alicyclic amines) is 1. The van der Waals surface area contributed by atoms with Crippen LogP contribution in [0, 0.1) is 0 Å². The molecule has 1 saturated heterocycles. The van der Waals surface area contributed by atoms with Gasteiger partial charge < -0.3 is 20.1 Å². The third kappa shape index (κ3) is 3.64. The Kier molecular flexibility index (Phi) is 5.26. The van der Waals surface area contributed by atoms with Crippen molar-refractivity contribution < 1.29 is 9.84 Å². The number of nitrogens with zero attached hydrogens (tertiary/aromatic N) is 1. The molecule has 4 heteroatoms. The number of nitrogens with one attached hydrogen (secondary N) is 1. The smallest absolute Gasteiger partial charge is 0.160 e. The lowest BCUT2D eigenvalue weighted by atomic mass is 10.0. The van der Waals surface area contributed by atoms with Gasteiger partial charge in [-0.05, 0) is 51.1 Å². The summed E-state index contributed by atoms with van der Waals surface area (Å²) in [7, 11) is 3.79. The van der Waals surface area contributed by atoms with Gasteiger partial charge in [0, 0.05) is 18.6 Å². The van der Waals surface area contributed by atoms with Crippen LogP contribution in [0.25, 0.3) is 0 Å². The van der Waals surface area contributed by atoms with Crippen molar-refractivity contribution in [2.75, 3.05) is 27.2 Å². The first-order valence-electron chi connectivity index (χ1n) is 7.42. The normalized spacial score (nSPS) is 21.6. The van der Waals surface area contributed by atoms with Crippen molar-refractivity contribution in [2.45, 2.75) is 38.3 Å². The molecule has 0 spiro atoms. The molecule has 0 radical (unpaired) electrons. The Morgan fingerprint density at radius 3 is 2.95 bits per heavy atom. The summed E-state index contributed by atoms with van der Waals surface area (Å²) in [5.74, 6) is 0.724. The second-order valence-corrected chi connectivity index (χ2v) is 5.69. The SMILES string of the molecule is COc1cc(C(C)NCC2CCCCN2C)ccc1O. The van der Waals surface area contributed by atoms with E-state index in [1.54, 1.807) is 13.2 Å². The number of benzene rings is 1. The number of likely N-dealkylation sites (N-methyl/N-ethyl adjacent to an activating group) is 1. The first kappa shape index (κ1) is 15.1. The van der Waals surface area contributed by atoms with E-state index in [0.717, 1.165) is 12.1 Å². The van der Waals surface area contributed by atoms with Crippen LogP contribution in [0.15, 0.2) is 18.2 Å². The number of piperidine rings is 1. The highest BCUT2D eigenvalue weighted by Crippen LogP contribution is 2.28. The van der Waals surface area contributed by atoms with Gasteiger partial charge in [0.2, 0.25) is 0 Å². The zero-order valence-corrected chi connectivity index (χ0v) is 12.7. The second kappa shape index (κ2) is 6.95. The largest absolute Gasteiger partial charge is 0.504 e. The Hall–Kier alpha value is -1.26. The topological polar surface area (TPSA) is 44.7 Å². The van der Waals surface area contributed by atoms with E-state index in [0.29, 0.717) is 11.8 Å². The van der Waals surface area contributed by atoms with Crippen LogP contribution in [-0.2, 0) is 0 Å². The van der Waals surface area contributed by atoms with Crippen molar-refractivity contribution in [3.63, 3.8) is 0 Å². The van der Waals surface area contributed by atoms with Crippen molar-refractivity contribution in [2.24, 2.45) is 0 Å². The summed E-state index contributed by atoms with van der Waals surface area (Å²) >= 11 is 0. The van der Waals surface area contributed by atoms with Gasteiger partial charge in [0.15, 0.2) is 11.5 Å². The van der Waals surface area contributed by atoms with Gasteiger partial charge in [-0.3, -0.25) is 0 Å². The van der Waals surface area contributed by atoms with Crippen molar-refractivity contribution in [3.05, 3.63) is 23.8 Å². The minimum absolute atomic E-state index is 0.190. The van der Waals surface area contributed by atoms with Crippen LogP contribution in [0.3, 0.4) is 0 Å². The van der Waals surface area contributed by atoms with Crippen molar-refractivity contribution in [1.29, 1.82) is 0 Å². The molecule has 112 valence electrons. The number of hydrogen-bond acceptors (Lipinski definition) is 4. The van der Waals surface area contributed by atoms with Gasteiger partial charge >= 0.3 is 0 Å². The summed E-state index contributed by atoms with van der Waals surface area (Å²) < 4.78 is 5.16. The number of methoxy groups -OCH3 is 1. The summed E-state index contributed by atoms with van der Waals surface area (Å²) in [6.45, 7) is 4.35. The lowest BCUT2D eigenvalue weighted by Gasteiger charge is -2.33. The van der Waals surface area contributed by atoms with E-state index >= 15 is 0 Å². The second-order valence-electron chi connectivity index (χ2n) is 5.69. The molecular weight excluding hydrogens is 252 g/mol. The molecule has 2 atom stereocenters. The highest BCUT2D eigenvalue weighted by Gasteiger charge is 2.19. The fraction of sp³-hybridized carbons (Fsp3) is 0.625. The molecule has 0 saturated carbocycles. The Morgan fingerprint density at radius 1 is 1.45 bits per heavy atom. The summed E-state index contributed by atoms with van der Waals surface area (Å²) in [4.78, 5) is 2.45. The van der Waals surface area contributed by atoms with E-state index < -0.39 is 0 Å². The molecule has 2 rings (SSSR count). The Balaban J connectivity index is 1.92. The minimum Gasteiger partial charge on any atom is -0.504 e. The number of ether oxygens (including phenoxy) is 1. The first-order valence-corrected chi connectivity index (χ1v) is 7.42. The number of phenols is 1. The van der Waals surface area contributed by atoms with E-state index in [4.69, 9.17) is 4.74 Å². The Bertz CT molecular complexity index is 436. The third-order valence-electron chi connectivity index (χ3n) is 4.28. The minimum atomic E-state index is 0.190. The molecule has 1 aliphatic rings. The fourth-order valence-corrected chi connectivity index (χ4v) is 2.80. The summed E-state index contributed by atoms with van der Waals surface area (Å²) in [6, 6.07) is 6.42. The van der Waals surface area contributed by atoms with E-state index in [-0.39, 0.29) is 11.8 Å². The molecule has 0 bridgehead atoms. The maximum absolute atomic E-state index is 9.63. The summed E-state index contributed by atoms with van der Waals surface area (Å²) in [5, 5.41) is 13.2. The van der Waals surface area contributed by atoms with Gasteiger partial charge in [-0.25, -0.2) is 0 Å². The number of aromatic hydroxyl groups is 1. The van der Waals surface area contributed by atoms with Crippen molar-refractivity contribution in [3.8, 4) is 11.5 Å². The molecule has 1 aromatic rings. The third-order valence-corrected chi connectivity index (χ3v) is 4.28. The van der Waals surface area contributed by atoms with Gasteiger partial charge in [0.05, 0.1) is 7.11 Å². The van der Waals surface area contributed by atoms with Crippen LogP contribution in [0.5, 0.6) is 11.5 Å². The van der Waals surface area contributed by atoms with Gasteiger partial charge in [-0.15, -0.1) is 0 Å². The van der Waals surface area contributed by atoms with Crippen LogP contribution < -0.4 is 10.1 Å². The molecule has 2 unspecified atom stereocenters. The highest BCUT2D eigenvalue weighted by molar-refractivity contribution is 5.42. The standard InChI is InChI=1S/C16H26N2O2/c1-12(13-7-8-15(19)16(10-13)20-3)17-11-14-6-4-5-9-18(14)2/h7-8,10,12,14,17,19H,4-6,9,11H2,1-3H3. The average molecular weight is 278 g/mol. The van der Waals surface area contributed by atoms with E-state index in [1.807, 2.05) is 12.1 Å². The Morgan fingerprint density at radius 2 is 2.25 bits per heavy atom. The van der Waals surface area contributed by atoms with Crippen molar-refractivity contribution >= 4 is 0 Å². The molecule has 4 nitrogen and oxygen atoms in total. The summed E-state index contributed by atoms with van der Waals surface area (Å²) in [6.07, 6.45) is 3.92. The first-order chi connectivity index (χ1) is 9.61. The van der Waals surface area contributed by atoms with Crippen LogP contribution in [0.4, 0.5) is 0 Å². The molecule has 1 aliphatic heterocycles. The summed E-state index contributed by atoms with van der Waals surface area (Å²) in [5.41, 5.74) is 1.14. The van der Waals surface area contributed by atoms with Crippen molar-refractivity contribution in [1.82, 2.24) is 10.2 Å². The van der Waals surface area contributed by atoms with Gasteiger partial charge in [-0.2, -0.15) is 0 Å². The lowest BCUT2D eigenvalue weighted by Crippen LogP contribution is -2.43. The Labute approximate surface area is 121 Å². The molecular formula is C16H26N2O2. The zero-order valence-electron chi connectivity index (χ0n) is 12.7. The molecule has 1 fully saturated rings. The molecule has 1 aromatic carbocycles. The molecule has 0 amide bonds. The predicted octanol–water partition coefficient (Wildman–Crippen LogP) is 2.54. The van der Waals surface area contributed by atoms with Gasteiger partial charge in [0.1, 0.15) is 0 Å². The molecule has 0 aliphatic carbocycles. The van der Waals surface area contributed by atoms with Crippen LogP contribution in [0.2, 0.25) is 0 Å².